The number of ketones is 2. The monoisotopic (exact) mass is 339 g/mol. The lowest BCUT2D eigenvalue weighted by Crippen LogP contribution is -2.60. The number of benzene rings is 1. The van der Waals surface area contributed by atoms with Crippen LogP contribution in [0.3, 0.4) is 0 Å². The van der Waals surface area contributed by atoms with Crippen LogP contribution in [0.4, 0.5) is 5.69 Å². The smallest absolute Gasteiger partial charge is 0.209 e. The molecule has 2 heterocycles. The molecular weight excluding hydrogens is 316 g/mol. The zero-order valence-corrected chi connectivity index (χ0v) is 14.9. The van der Waals surface area contributed by atoms with Crippen LogP contribution in [0.15, 0.2) is 35.9 Å². The third-order valence-corrected chi connectivity index (χ3v) is 5.66. The summed E-state index contributed by atoms with van der Waals surface area (Å²) in [7, 11) is 1.99. The van der Waals surface area contributed by atoms with Crippen LogP contribution >= 0.6 is 0 Å². The molecule has 1 aromatic carbocycles. The van der Waals surface area contributed by atoms with Crippen molar-refractivity contribution in [1.29, 1.82) is 0 Å². The summed E-state index contributed by atoms with van der Waals surface area (Å²) in [6, 6.07) is 7.61. The molecule has 4 rings (SSSR count). The Kier molecular flexibility index (Phi) is 3.74. The molecule has 1 aromatic rings. The maximum Gasteiger partial charge on any atom is 0.209 e. The molecule has 2 fully saturated rings. The summed E-state index contributed by atoms with van der Waals surface area (Å²) in [5.74, 6) is -0.112. The summed E-state index contributed by atoms with van der Waals surface area (Å²) in [4.78, 5) is 27.2. The summed E-state index contributed by atoms with van der Waals surface area (Å²) in [5, 5.41) is 0. The second kappa shape index (κ2) is 5.71. The summed E-state index contributed by atoms with van der Waals surface area (Å²) in [5.41, 5.74) is 3.44. The largest absolute Gasteiger partial charge is 0.379 e. The van der Waals surface area contributed by atoms with E-state index in [1.807, 2.05) is 30.2 Å². The molecule has 1 aliphatic carbocycles. The van der Waals surface area contributed by atoms with E-state index in [-0.39, 0.29) is 17.0 Å². The maximum absolute atomic E-state index is 12.6. The molecule has 0 atom stereocenters. The highest BCUT2D eigenvalue weighted by Gasteiger charge is 2.50. The number of fused-ring (bicyclic) bond motifs is 1. The summed E-state index contributed by atoms with van der Waals surface area (Å²) in [6.45, 7) is 6.71. The van der Waals surface area contributed by atoms with Gasteiger partial charge >= 0.3 is 0 Å². The van der Waals surface area contributed by atoms with Crippen LogP contribution in [0.5, 0.6) is 0 Å². The van der Waals surface area contributed by atoms with Crippen molar-refractivity contribution in [3.8, 4) is 0 Å². The molecule has 0 N–H and O–H groups in total. The average Bonchev–Trinajstić information content (AvgIpc) is 2.81. The van der Waals surface area contributed by atoms with Crippen molar-refractivity contribution >= 4 is 23.0 Å². The van der Waals surface area contributed by atoms with Gasteiger partial charge in [0.05, 0.1) is 24.2 Å². The van der Waals surface area contributed by atoms with Crippen molar-refractivity contribution in [2.45, 2.75) is 25.3 Å². The summed E-state index contributed by atoms with van der Waals surface area (Å²) < 4.78 is 7.40. The van der Waals surface area contributed by atoms with E-state index in [1.54, 1.807) is 0 Å². The van der Waals surface area contributed by atoms with E-state index in [9.17, 15) is 9.59 Å². The highest BCUT2D eigenvalue weighted by molar-refractivity contribution is 6.43. The molecule has 1 saturated heterocycles. The van der Waals surface area contributed by atoms with Gasteiger partial charge in [-0.3, -0.25) is 14.5 Å². The molecule has 0 spiro atoms. The number of carbonyl (C=O) groups is 2. The van der Waals surface area contributed by atoms with Gasteiger partial charge in [-0.25, -0.2) is 0 Å². The van der Waals surface area contributed by atoms with Crippen molar-refractivity contribution in [3.05, 3.63) is 41.5 Å². The highest BCUT2D eigenvalue weighted by Crippen LogP contribution is 2.40. The topological polar surface area (TPSA) is 49.6 Å². The molecule has 5 heteroatoms. The van der Waals surface area contributed by atoms with E-state index in [0.29, 0.717) is 31.9 Å². The number of carbonyl (C=O) groups excluding carboxylic acids is 2. The first-order valence-corrected chi connectivity index (χ1v) is 8.75. The average molecular weight is 339 g/mol. The Morgan fingerprint density at radius 2 is 1.80 bits per heavy atom. The fourth-order valence-corrected chi connectivity index (χ4v) is 4.16. The fraction of sp³-hybridized carbons (Fsp3) is 0.450. The first-order valence-electron chi connectivity index (χ1n) is 8.75. The van der Waals surface area contributed by atoms with Gasteiger partial charge < -0.3 is 4.74 Å². The Hall–Kier alpha value is -2.11. The number of nitrogens with zero attached hydrogens (tertiary/aromatic N) is 2. The molecule has 0 amide bonds. The number of allylic oxidation sites excluding steroid dienone is 1. The Balaban J connectivity index is 1.65. The third kappa shape index (κ3) is 2.34. The standard InChI is InChI=1S/C20H23N2O3/c1-20(2)14-6-4-5-7-15(14)21(3)16(20)12-13-18(23)17(19(13)24)22-8-10-25-11-9-22/h4-7,12,17H,8-11H2,1-3H3/q+1. The molecule has 2 aliphatic heterocycles. The van der Waals surface area contributed by atoms with Crippen LogP contribution in [0.1, 0.15) is 19.4 Å². The Morgan fingerprint density at radius 3 is 2.44 bits per heavy atom. The number of rotatable bonds is 2. The predicted molar refractivity (Wildman–Crippen MR) is 94.6 cm³/mol. The van der Waals surface area contributed by atoms with E-state index < -0.39 is 6.04 Å². The normalized spacial score (nSPS) is 25.9. The van der Waals surface area contributed by atoms with Crippen molar-refractivity contribution in [3.63, 3.8) is 0 Å². The molecule has 0 unspecified atom stereocenters. The molecule has 0 aromatic heterocycles. The number of hydrogen-bond donors (Lipinski definition) is 0. The van der Waals surface area contributed by atoms with E-state index >= 15 is 0 Å². The van der Waals surface area contributed by atoms with Crippen molar-refractivity contribution < 1.29 is 18.9 Å². The van der Waals surface area contributed by atoms with Crippen LogP contribution in [0, 0.1) is 0 Å². The molecule has 5 nitrogen and oxygen atoms in total. The van der Waals surface area contributed by atoms with Crippen molar-refractivity contribution in [2.75, 3.05) is 33.4 Å². The summed E-state index contributed by atoms with van der Waals surface area (Å²) in [6.07, 6.45) is 1.81. The second-order valence-corrected chi connectivity index (χ2v) is 7.42. The van der Waals surface area contributed by atoms with E-state index in [4.69, 9.17) is 4.74 Å². The van der Waals surface area contributed by atoms with Crippen molar-refractivity contribution in [1.82, 2.24) is 4.90 Å². The second-order valence-electron chi connectivity index (χ2n) is 7.42. The van der Waals surface area contributed by atoms with Gasteiger partial charge in [-0.05, 0) is 13.8 Å². The molecule has 3 aliphatic rings. The minimum absolute atomic E-state index is 0.0560. The zero-order chi connectivity index (χ0) is 17.8. The molecule has 130 valence electrons. The Morgan fingerprint density at radius 1 is 1.16 bits per heavy atom. The highest BCUT2D eigenvalue weighted by atomic mass is 16.5. The third-order valence-electron chi connectivity index (χ3n) is 5.66. The fourth-order valence-electron chi connectivity index (χ4n) is 4.16. The first-order chi connectivity index (χ1) is 11.9. The van der Waals surface area contributed by atoms with Crippen LogP contribution in [0.25, 0.3) is 0 Å². The lowest BCUT2D eigenvalue weighted by molar-refractivity contribution is -0.401. The van der Waals surface area contributed by atoms with Gasteiger partial charge in [-0.2, -0.15) is 4.58 Å². The number of ether oxygens (including phenoxy) is 1. The molecule has 0 bridgehead atoms. The first kappa shape index (κ1) is 16.4. The van der Waals surface area contributed by atoms with Gasteiger partial charge in [0.1, 0.15) is 13.1 Å². The van der Waals surface area contributed by atoms with Gasteiger partial charge in [-0.1, -0.05) is 18.2 Å². The molecule has 0 radical (unpaired) electrons. The van der Waals surface area contributed by atoms with Gasteiger partial charge in [0.15, 0.2) is 17.3 Å². The number of para-hydroxylation sites is 1. The van der Waals surface area contributed by atoms with Crippen LogP contribution < -0.4 is 0 Å². The lowest BCUT2D eigenvalue weighted by atomic mass is 9.76. The van der Waals surface area contributed by atoms with Crippen LogP contribution in [0.2, 0.25) is 0 Å². The minimum Gasteiger partial charge on any atom is -0.379 e. The van der Waals surface area contributed by atoms with E-state index in [2.05, 4.69) is 30.6 Å². The minimum atomic E-state index is -0.604. The predicted octanol–water partition coefficient (Wildman–Crippen LogP) is 1.47. The SMILES string of the molecule is C[N+]1=C(C=C2C(=O)C(N3CCOCC3)C2=O)C(C)(C)c2ccccc21. The van der Waals surface area contributed by atoms with E-state index in [0.717, 1.165) is 11.4 Å². The van der Waals surface area contributed by atoms with Crippen LogP contribution in [-0.4, -0.2) is 66.1 Å². The van der Waals surface area contributed by atoms with Gasteiger partial charge in [0.2, 0.25) is 5.69 Å². The van der Waals surface area contributed by atoms with Gasteiger partial charge in [-0.15, -0.1) is 0 Å². The maximum atomic E-state index is 12.6. The Bertz CT molecular complexity index is 811. The lowest BCUT2D eigenvalue weighted by Gasteiger charge is -2.38. The quantitative estimate of drug-likeness (QED) is 0.354. The zero-order valence-electron chi connectivity index (χ0n) is 14.9. The number of Topliss-reactive ketones (excluding diaryl/α,β-unsaturated/α-hetero) is 2. The van der Waals surface area contributed by atoms with Gasteiger partial charge in [0, 0.05) is 30.8 Å². The van der Waals surface area contributed by atoms with E-state index in [1.165, 1.54) is 5.56 Å². The summed E-state index contributed by atoms with van der Waals surface area (Å²) >= 11 is 0. The number of hydrogen-bond acceptors (Lipinski definition) is 4. The molecule has 25 heavy (non-hydrogen) atoms. The molecule has 1 saturated carbocycles. The Labute approximate surface area is 147 Å². The number of morpholine rings is 1. The van der Waals surface area contributed by atoms with Gasteiger partial charge in [0.25, 0.3) is 0 Å². The van der Waals surface area contributed by atoms with Crippen molar-refractivity contribution in [2.24, 2.45) is 0 Å². The molecular formula is C20H23N2O3+. The van der Waals surface area contributed by atoms with Crippen LogP contribution in [-0.2, 0) is 19.7 Å².